The summed E-state index contributed by atoms with van der Waals surface area (Å²) in [6, 6.07) is 15.3. The summed E-state index contributed by atoms with van der Waals surface area (Å²) in [5.41, 5.74) is 0. The van der Waals surface area contributed by atoms with E-state index < -0.39 is 12.2 Å². The van der Waals surface area contributed by atoms with Crippen LogP contribution < -0.4 is 29.6 Å². The van der Waals surface area contributed by atoms with Gasteiger partial charge in [-0.3, -0.25) is 0 Å². The zero-order valence-corrected chi connectivity index (χ0v) is 22.5. The molecule has 2 rings (SSSR count). The second-order valence-electron chi connectivity index (χ2n) is 9.31. The number of hydrogen-bond donors (Lipinski definition) is 4. The number of aliphatic hydroxyl groups is 2. The molecule has 208 valence electrons. The lowest BCUT2D eigenvalue weighted by atomic mass is 10.3. The number of rotatable bonds is 20. The fourth-order valence-corrected chi connectivity index (χ4v) is 3.09. The molecule has 0 aromatic heterocycles. The molecule has 0 unspecified atom stereocenters. The molecule has 0 saturated heterocycles. The normalized spacial score (nSPS) is 13.0. The molecule has 2 atom stereocenters. The lowest BCUT2D eigenvalue weighted by molar-refractivity contribution is 0.0759. The number of aliphatic hydroxyl groups excluding tert-OH is 2. The van der Waals surface area contributed by atoms with Crippen LogP contribution in [0.4, 0.5) is 0 Å². The molecule has 9 heteroatoms. The molecule has 9 nitrogen and oxygen atoms in total. The Morgan fingerprint density at radius 2 is 0.973 bits per heavy atom. The average Bonchev–Trinajstić information content (AvgIpc) is 2.88. The molecule has 0 saturated carbocycles. The van der Waals surface area contributed by atoms with Gasteiger partial charge in [0.1, 0.15) is 61.6 Å². The van der Waals surface area contributed by atoms with E-state index in [0.717, 1.165) is 0 Å². The topological polar surface area (TPSA) is 111 Å². The summed E-state index contributed by atoms with van der Waals surface area (Å²) in [5.74, 6) is 2.63. The average molecular weight is 521 g/mol. The van der Waals surface area contributed by atoms with Crippen LogP contribution in [0.1, 0.15) is 27.7 Å². The van der Waals surface area contributed by atoms with Gasteiger partial charge in [-0.05, 0) is 24.3 Å². The predicted molar refractivity (Wildman–Crippen MR) is 144 cm³/mol. The smallest absolute Gasteiger partial charge is 0.123 e. The Morgan fingerprint density at radius 1 is 0.595 bits per heavy atom. The van der Waals surface area contributed by atoms with Crippen molar-refractivity contribution >= 4 is 0 Å². The van der Waals surface area contributed by atoms with Crippen molar-refractivity contribution < 1.29 is 33.9 Å². The van der Waals surface area contributed by atoms with E-state index in [4.69, 9.17) is 23.7 Å². The Bertz CT molecular complexity index is 796. The Morgan fingerprint density at radius 3 is 1.35 bits per heavy atom. The first kappa shape index (κ1) is 30.7. The highest BCUT2D eigenvalue weighted by atomic mass is 16.5. The van der Waals surface area contributed by atoms with Crippen molar-refractivity contribution in [3.05, 3.63) is 48.5 Å². The summed E-state index contributed by atoms with van der Waals surface area (Å²) in [6.07, 6.45) is -1.16. The maximum atomic E-state index is 9.97. The van der Waals surface area contributed by atoms with Crippen LogP contribution in [0.3, 0.4) is 0 Å². The standard InChI is InChI=1S/C28H44N2O7/c1-21(2)29-17-23(31)19-36-27-9-5-7-25(15-27)34-13-11-33-12-14-35-26-8-6-10-28(16-26)37-20-24(32)18-30-22(3)4/h5-10,15-16,21-24,29-32H,11-14,17-20H2,1-4H3/t23-,24-/m0/s1. The highest BCUT2D eigenvalue weighted by Gasteiger charge is 2.08. The molecule has 0 spiro atoms. The van der Waals surface area contributed by atoms with Gasteiger partial charge in [-0.1, -0.05) is 39.8 Å². The van der Waals surface area contributed by atoms with Crippen LogP contribution in [0.25, 0.3) is 0 Å². The van der Waals surface area contributed by atoms with Gasteiger partial charge in [0, 0.05) is 37.3 Å². The number of nitrogens with one attached hydrogen (secondary N) is 2. The SMILES string of the molecule is CC(C)NC[C@H](O)COc1cccc(OCCOCCOc2cccc(OC[C@@H](O)CNC(C)C)c2)c1. The molecular weight excluding hydrogens is 476 g/mol. The largest absolute Gasteiger partial charge is 0.491 e. The van der Waals surface area contributed by atoms with E-state index in [1.165, 1.54) is 0 Å². The van der Waals surface area contributed by atoms with E-state index in [2.05, 4.69) is 10.6 Å². The summed E-state index contributed by atoms with van der Waals surface area (Å²) in [4.78, 5) is 0. The second kappa shape index (κ2) is 17.8. The van der Waals surface area contributed by atoms with Gasteiger partial charge in [0.15, 0.2) is 0 Å². The van der Waals surface area contributed by atoms with Crippen LogP contribution >= 0.6 is 0 Å². The maximum Gasteiger partial charge on any atom is 0.123 e. The van der Waals surface area contributed by atoms with Crippen molar-refractivity contribution in [2.45, 2.75) is 52.0 Å². The van der Waals surface area contributed by atoms with Gasteiger partial charge in [-0.25, -0.2) is 0 Å². The van der Waals surface area contributed by atoms with E-state index >= 15 is 0 Å². The highest BCUT2D eigenvalue weighted by molar-refractivity contribution is 5.33. The molecule has 0 heterocycles. The van der Waals surface area contributed by atoms with Gasteiger partial charge in [0.25, 0.3) is 0 Å². The van der Waals surface area contributed by atoms with E-state index in [9.17, 15) is 10.2 Å². The molecule has 2 aromatic rings. The monoisotopic (exact) mass is 520 g/mol. The Labute approximate surface area is 221 Å². The zero-order chi connectivity index (χ0) is 26.9. The van der Waals surface area contributed by atoms with Gasteiger partial charge in [-0.2, -0.15) is 0 Å². The van der Waals surface area contributed by atoms with Crippen molar-refractivity contribution in [1.29, 1.82) is 0 Å². The van der Waals surface area contributed by atoms with Crippen molar-refractivity contribution in [1.82, 2.24) is 10.6 Å². The molecule has 0 aliphatic heterocycles. The fourth-order valence-electron chi connectivity index (χ4n) is 3.09. The van der Waals surface area contributed by atoms with E-state index in [-0.39, 0.29) is 13.2 Å². The summed E-state index contributed by atoms with van der Waals surface area (Å²) in [5, 5.41) is 26.3. The van der Waals surface area contributed by atoms with Gasteiger partial charge >= 0.3 is 0 Å². The molecule has 0 radical (unpaired) electrons. The first-order valence-electron chi connectivity index (χ1n) is 12.9. The quantitative estimate of drug-likeness (QED) is 0.196. The first-order valence-corrected chi connectivity index (χ1v) is 12.9. The molecule has 0 fully saturated rings. The molecule has 2 aromatic carbocycles. The van der Waals surface area contributed by atoms with Gasteiger partial charge in [-0.15, -0.1) is 0 Å². The van der Waals surface area contributed by atoms with Crippen molar-refractivity contribution in [2.24, 2.45) is 0 Å². The molecule has 0 aliphatic carbocycles. The van der Waals surface area contributed by atoms with Crippen LogP contribution in [0.15, 0.2) is 48.5 Å². The molecule has 4 N–H and O–H groups in total. The van der Waals surface area contributed by atoms with Crippen molar-refractivity contribution in [2.75, 3.05) is 52.7 Å². The van der Waals surface area contributed by atoms with Crippen LogP contribution in [-0.4, -0.2) is 87.2 Å². The zero-order valence-electron chi connectivity index (χ0n) is 22.5. The highest BCUT2D eigenvalue weighted by Crippen LogP contribution is 2.20. The minimum atomic E-state index is -0.581. The maximum absolute atomic E-state index is 9.97. The van der Waals surface area contributed by atoms with Crippen LogP contribution in [0.5, 0.6) is 23.0 Å². The van der Waals surface area contributed by atoms with Crippen LogP contribution in [0, 0.1) is 0 Å². The first-order chi connectivity index (χ1) is 17.8. The lowest BCUT2D eigenvalue weighted by Crippen LogP contribution is -2.35. The molecule has 0 bridgehead atoms. The predicted octanol–water partition coefficient (Wildman–Crippen LogP) is 2.64. The van der Waals surface area contributed by atoms with Gasteiger partial charge in [0.2, 0.25) is 0 Å². The van der Waals surface area contributed by atoms with E-state index in [0.29, 0.717) is 74.6 Å². The van der Waals surface area contributed by atoms with E-state index in [1.807, 2.05) is 64.1 Å². The van der Waals surface area contributed by atoms with Crippen molar-refractivity contribution in [3.63, 3.8) is 0 Å². The summed E-state index contributed by atoms with van der Waals surface area (Å²) >= 11 is 0. The second-order valence-corrected chi connectivity index (χ2v) is 9.31. The van der Waals surface area contributed by atoms with Crippen LogP contribution in [-0.2, 0) is 4.74 Å². The summed E-state index contributed by atoms with van der Waals surface area (Å²) in [7, 11) is 0. The van der Waals surface area contributed by atoms with Gasteiger partial charge in [0.05, 0.1) is 13.2 Å². The van der Waals surface area contributed by atoms with Crippen LogP contribution in [0.2, 0.25) is 0 Å². The minimum Gasteiger partial charge on any atom is -0.491 e. The number of benzene rings is 2. The molecule has 37 heavy (non-hydrogen) atoms. The molecule has 0 amide bonds. The third-order valence-corrected chi connectivity index (χ3v) is 5.01. The third-order valence-electron chi connectivity index (χ3n) is 5.01. The van der Waals surface area contributed by atoms with Gasteiger partial charge < -0.3 is 44.5 Å². The molecule has 0 aliphatic rings. The minimum absolute atomic E-state index is 0.207. The van der Waals surface area contributed by atoms with Crippen molar-refractivity contribution in [3.8, 4) is 23.0 Å². The summed E-state index contributed by atoms with van der Waals surface area (Å²) in [6.45, 7) is 11.1. The van der Waals surface area contributed by atoms with E-state index in [1.54, 1.807) is 12.1 Å². The fraction of sp³-hybridized carbons (Fsp3) is 0.571. The molecular formula is C28H44N2O7. The summed E-state index contributed by atoms with van der Waals surface area (Å²) < 4.78 is 28.4. The Balaban J connectivity index is 1.57. The lowest BCUT2D eigenvalue weighted by Gasteiger charge is -2.15. The Hall–Kier alpha value is -2.56. The number of ether oxygens (including phenoxy) is 5. The number of hydrogen-bond acceptors (Lipinski definition) is 9. The third kappa shape index (κ3) is 14.7. The Kier molecular flexibility index (Phi) is 14.8.